The molecule has 0 spiro atoms. The van der Waals surface area contributed by atoms with Crippen LogP contribution in [-0.4, -0.2) is 42.6 Å². The third-order valence-corrected chi connectivity index (χ3v) is 6.66. The molecule has 0 aromatic heterocycles. The van der Waals surface area contributed by atoms with E-state index in [4.69, 9.17) is 27.8 Å². The van der Waals surface area contributed by atoms with E-state index >= 15 is 0 Å². The molecule has 158 valence electrons. The summed E-state index contributed by atoms with van der Waals surface area (Å²) in [6.07, 6.45) is 3.50. The number of piperidine rings is 2. The average molecular weight is 452 g/mol. The zero-order valence-electron chi connectivity index (χ0n) is 15.9. The highest BCUT2D eigenvalue weighted by molar-refractivity contribution is 6.34. The Kier molecular flexibility index (Phi) is 7.59. The van der Waals surface area contributed by atoms with Crippen molar-refractivity contribution in [3.63, 3.8) is 0 Å². The van der Waals surface area contributed by atoms with Gasteiger partial charge in [0.2, 0.25) is 0 Å². The molecule has 3 heterocycles. The summed E-state index contributed by atoms with van der Waals surface area (Å²) in [6.45, 7) is 5.02. The molecular weight excluding hydrogens is 423 g/mol. The van der Waals surface area contributed by atoms with E-state index in [1.54, 1.807) is 0 Å². The number of primary amides is 1. The molecule has 0 saturated carbocycles. The number of rotatable bonds is 2. The van der Waals surface area contributed by atoms with Gasteiger partial charge in [0.15, 0.2) is 6.10 Å². The van der Waals surface area contributed by atoms with Crippen molar-refractivity contribution in [2.45, 2.75) is 50.7 Å². The molecular formula is C19H29Cl3N4O2. The third kappa shape index (κ3) is 4.11. The topological polar surface area (TPSA) is 93.6 Å². The summed E-state index contributed by atoms with van der Waals surface area (Å²) in [5, 5.41) is 3.84. The zero-order chi connectivity index (χ0) is 18.4. The Hall–Kier alpha value is -1.08. The van der Waals surface area contributed by atoms with Crippen LogP contribution in [0.25, 0.3) is 0 Å². The molecule has 5 atom stereocenters. The number of nitrogens with zero attached hydrogens (tertiary/aromatic N) is 1. The lowest BCUT2D eigenvalue weighted by atomic mass is 9.75. The van der Waals surface area contributed by atoms with Crippen molar-refractivity contribution in [2.24, 2.45) is 11.7 Å². The van der Waals surface area contributed by atoms with Gasteiger partial charge in [0, 0.05) is 37.0 Å². The van der Waals surface area contributed by atoms with Gasteiger partial charge in [-0.3, -0.25) is 9.69 Å². The normalized spacial score (nSPS) is 31.0. The van der Waals surface area contributed by atoms with E-state index < -0.39 is 12.0 Å². The minimum Gasteiger partial charge on any atom is -0.478 e. The van der Waals surface area contributed by atoms with Crippen LogP contribution in [-0.2, 0) is 4.79 Å². The van der Waals surface area contributed by atoms with Gasteiger partial charge in [-0.05, 0) is 44.7 Å². The Morgan fingerprint density at radius 1 is 1.36 bits per heavy atom. The number of hydrogen-bond acceptors (Lipinski definition) is 5. The van der Waals surface area contributed by atoms with Crippen LogP contribution in [0.2, 0.25) is 5.02 Å². The molecule has 2 bridgehead atoms. The fourth-order valence-electron chi connectivity index (χ4n) is 4.82. The first-order chi connectivity index (χ1) is 12.5. The van der Waals surface area contributed by atoms with Crippen molar-refractivity contribution in [3.8, 4) is 5.75 Å². The molecule has 1 aromatic carbocycles. The van der Waals surface area contributed by atoms with Gasteiger partial charge in [0.05, 0.1) is 10.7 Å². The molecule has 2 fully saturated rings. The smallest absolute Gasteiger partial charge is 0.258 e. The van der Waals surface area contributed by atoms with Gasteiger partial charge in [-0.1, -0.05) is 11.6 Å². The highest BCUT2D eigenvalue weighted by atomic mass is 35.5. The Bertz CT molecular complexity index is 720. The molecule has 4 rings (SSSR count). The van der Waals surface area contributed by atoms with Gasteiger partial charge >= 0.3 is 0 Å². The van der Waals surface area contributed by atoms with Crippen LogP contribution in [0.5, 0.6) is 5.75 Å². The van der Waals surface area contributed by atoms with E-state index in [1.807, 2.05) is 6.07 Å². The molecule has 5 unspecified atom stereocenters. The quantitative estimate of drug-likeness (QED) is 0.599. The molecule has 28 heavy (non-hydrogen) atoms. The van der Waals surface area contributed by atoms with Crippen LogP contribution in [0.15, 0.2) is 6.07 Å². The molecule has 9 heteroatoms. The van der Waals surface area contributed by atoms with Crippen LogP contribution in [0.1, 0.15) is 44.1 Å². The summed E-state index contributed by atoms with van der Waals surface area (Å²) < 4.78 is 6.09. The average Bonchev–Trinajstić information content (AvgIpc) is 2.81. The van der Waals surface area contributed by atoms with Crippen molar-refractivity contribution in [1.29, 1.82) is 0 Å². The summed E-state index contributed by atoms with van der Waals surface area (Å²) in [6, 6.07) is 2.55. The molecule has 1 aromatic rings. The number of nitrogens with two attached hydrogens (primary N) is 2. The second kappa shape index (κ2) is 9.16. The number of nitrogen functional groups attached to an aromatic ring is 1. The van der Waals surface area contributed by atoms with Gasteiger partial charge in [0.1, 0.15) is 11.4 Å². The van der Waals surface area contributed by atoms with E-state index in [0.29, 0.717) is 53.0 Å². The summed E-state index contributed by atoms with van der Waals surface area (Å²) in [5.74, 6) is 1.21. The van der Waals surface area contributed by atoms with Gasteiger partial charge in [-0.25, -0.2) is 0 Å². The highest BCUT2D eigenvalue weighted by Gasteiger charge is 2.39. The van der Waals surface area contributed by atoms with Crippen molar-refractivity contribution < 1.29 is 9.53 Å². The predicted molar refractivity (Wildman–Crippen MR) is 118 cm³/mol. The SMILES string of the molecule is CC1C2CCCN1CC(c1cc(Cl)c(N)c3c1OC(C(N)=O)CCN3)C2.Cl.Cl. The van der Waals surface area contributed by atoms with E-state index in [-0.39, 0.29) is 24.8 Å². The first-order valence-electron chi connectivity index (χ1n) is 9.51. The number of carbonyl (C=O) groups is 1. The second-order valence-electron chi connectivity index (χ2n) is 7.86. The highest BCUT2D eigenvalue weighted by Crippen LogP contribution is 2.48. The summed E-state index contributed by atoms with van der Waals surface area (Å²) in [7, 11) is 0. The standard InChI is InChI=1S/C19H27ClN4O2.2ClH/c1-10-11-3-2-6-24(10)9-12(7-11)13-8-14(20)16(21)17-18(13)26-15(19(22)25)4-5-23-17;;/h8,10-12,15,23H,2-7,9,21H2,1H3,(H2,22,25);2*1H. The maximum Gasteiger partial charge on any atom is 0.258 e. The monoisotopic (exact) mass is 450 g/mol. The lowest BCUT2D eigenvalue weighted by Gasteiger charge is -2.47. The maximum absolute atomic E-state index is 11.8. The van der Waals surface area contributed by atoms with Gasteiger partial charge < -0.3 is 21.5 Å². The van der Waals surface area contributed by atoms with Gasteiger partial charge in [-0.2, -0.15) is 0 Å². The molecule has 6 nitrogen and oxygen atoms in total. The Balaban J connectivity index is 0.00000140. The van der Waals surface area contributed by atoms with E-state index in [1.165, 1.54) is 12.8 Å². The van der Waals surface area contributed by atoms with Crippen LogP contribution in [0, 0.1) is 5.92 Å². The minimum absolute atomic E-state index is 0. The number of benzene rings is 1. The Labute approximate surface area is 183 Å². The summed E-state index contributed by atoms with van der Waals surface area (Å²) in [5.41, 5.74) is 14.0. The molecule has 0 radical (unpaired) electrons. The lowest BCUT2D eigenvalue weighted by Crippen LogP contribution is -2.50. The number of carbonyl (C=O) groups excluding carboxylic acids is 1. The third-order valence-electron chi connectivity index (χ3n) is 6.34. The van der Waals surface area contributed by atoms with E-state index in [2.05, 4.69) is 17.1 Å². The number of anilines is 2. The summed E-state index contributed by atoms with van der Waals surface area (Å²) >= 11 is 6.45. The lowest BCUT2D eigenvalue weighted by molar-refractivity contribution is -0.124. The fraction of sp³-hybridized carbons (Fsp3) is 0.632. The minimum atomic E-state index is -0.648. The molecule has 0 aliphatic carbocycles. The molecule has 3 aliphatic rings. The van der Waals surface area contributed by atoms with Crippen molar-refractivity contribution in [3.05, 3.63) is 16.7 Å². The number of hydrogen-bond donors (Lipinski definition) is 3. The van der Waals surface area contributed by atoms with Crippen LogP contribution in [0.4, 0.5) is 11.4 Å². The Morgan fingerprint density at radius 3 is 2.79 bits per heavy atom. The number of nitrogens with one attached hydrogen (secondary N) is 1. The largest absolute Gasteiger partial charge is 0.478 e. The number of ether oxygens (including phenoxy) is 1. The molecule has 3 aliphatic heterocycles. The van der Waals surface area contributed by atoms with Crippen LogP contribution >= 0.6 is 36.4 Å². The van der Waals surface area contributed by atoms with E-state index in [9.17, 15) is 4.79 Å². The second-order valence-corrected chi connectivity index (χ2v) is 8.27. The van der Waals surface area contributed by atoms with Gasteiger partial charge in [0.25, 0.3) is 5.91 Å². The maximum atomic E-state index is 11.8. The van der Waals surface area contributed by atoms with Gasteiger partial charge in [-0.15, -0.1) is 24.8 Å². The van der Waals surface area contributed by atoms with Crippen LogP contribution < -0.4 is 21.5 Å². The van der Waals surface area contributed by atoms with Crippen molar-refractivity contribution >= 4 is 53.7 Å². The van der Waals surface area contributed by atoms with Crippen molar-refractivity contribution in [2.75, 3.05) is 30.7 Å². The van der Waals surface area contributed by atoms with Crippen molar-refractivity contribution in [1.82, 2.24) is 4.90 Å². The fourth-order valence-corrected chi connectivity index (χ4v) is 5.03. The zero-order valence-corrected chi connectivity index (χ0v) is 18.3. The Morgan fingerprint density at radius 2 is 2.11 bits per heavy atom. The first kappa shape index (κ1) is 23.2. The predicted octanol–water partition coefficient (Wildman–Crippen LogP) is 3.40. The summed E-state index contributed by atoms with van der Waals surface area (Å²) in [4.78, 5) is 14.3. The molecule has 5 N–H and O–H groups in total. The number of fused-ring (bicyclic) bond motifs is 3. The van der Waals surface area contributed by atoms with Crippen LogP contribution in [0.3, 0.4) is 0 Å². The van der Waals surface area contributed by atoms with E-state index in [0.717, 1.165) is 25.1 Å². The molecule has 1 amide bonds. The molecule has 2 saturated heterocycles. The first-order valence-corrected chi connectivity index (χ1v) is 9.89. The number of amides is 1. The number of halogens is 3.